The smallest absolute Gasteiger partial charge is 0.253 e. The molecule has 0 aliphatic heterocycles. The summed E-state index contributed by atoms with van der Waals surface area (Å²) in [5.74, 6) is 0.262. The van der Waals surface area contributed by atoms with Gasteiger partial charge in [0.05, 0.1) is 6.07 Å². The molecule has 1 saturated carbocycles. The Labute approximate surface area is 108 Å². The van der Waals surface area contributed by atoms with Gasteiger partial charge in [0.25, 0.3) is 5.91 Å². The Balaban J connectivity index is 1.98. The maximum atomic E-state index is 12.3. The molecule has 3 nitrogen and oxygen atoms in total. The van der Waals surface area contributed by atoms with Gasteiger partial charge in [0.1, 0.15) is 0 Å². The minimum Gasteiger partial charge on any atom is -0.339 e. The van der Waals surface area contributed by atoms with Crippen LogP contribution in [-0.2, 0) is 0 Å². The summed E-state index contributed by atoms with van der Waals surface area (Å²) in [5.41, 5.74) is 0.738. The van der Waals surface area contributed by atoms with Gasteiger partial charge in [-0.1, -0.05) is 18.2 Å². The van der Waals surface area contributed by atoms with Crippen LogP contribution in [0.4, 0.5) is 0 Å². The second-order valence-corrected chi connectivity index (χ2v) is 4.92. The summed E-state index contributed by atoms with van der Waals surface area (Å²) in [5, 5.41) is 8.87. The zero-order valence-corrected chi connectivity index (χ0v) is 10.7. The largest absolute Gasteiger partial charge is 0.339 e. The zero-order valence-electron chi connectivity index (χ0n) is 10.7. The lowest BCUT2D eigenvalue weighted by Crippen LogP contribution is -2.39. The Kier molecular flexibility index (Phi) is 3.99. The average molecular weight is 242 g/mol. The number of carbonyl (C=O) groups excluding carboxylic acids is 1. The van der Waals surface area contributed by atoms with Crippen molar-refractivity contribution in [2.45, 2.75) is 31.7 Å². The molecule has 94 valence electrons. The number of nitrogens with zero attached hydrogens (tertiary/aromatic N) is 2. The van der Waals surface area contributed by atoms with E-state index < -0.39 is 0 Å². The highest BCUT2D eigenvalue weighted by molar-refractivity contribution is 5.94. The number of hydrogen-bond acceptors (Lipinski definition) is 2. The molecule has 3 heteroatoms. The molecule has 0 aromatic heterocycles. The van der Waals surface area contributed by atoms with Crippen molar-refractivity contribution in [3.05, 3.63) is 35.9 Å². The molecule has 1 aliphatic rings. The van der Waals surface area contributed by atoms with E-state index in [-0.39, 0.29) is 17.9 Å². The van der Waals surface area contributed by atoms with Crippen molar-refractivity contribution in [2.75, 3.05) is 7.05 Å². The quantitative estimate of drug-likeness (QED) is 0.800. The topological polar surface area (TPSA) is 44.1 Å². The minimum atomic E-state index is 0.0796. The highest BCUT2D eigenvalue weighted by Crippen LogP contribution is 2.27. The first-order valence-electron chi connectivity index (χ1n) is 6.44. The number of nitriles is 1. The van der Waals surface area contributed by atoms with Crippen LogP contribution in [-0.4, -0.2) is 23.9 Å². The zero-order chi connectivity index (χ0) is 13.0. The van der Waals surface area contributed by atoms with E-state index in [9.17, 15) is 4.79 Å². The van der Waals surface area contributed by atoms with E-state index >= 15 is 0 Å². The molecule has 1 amide bonds. The van der Waals surface area contributed by atoms with Crippen molar-refractivity contribution < 1.29 is 4.79 Å². The summed E-state index contributed by atoms with van der Waals surface area (Å²) >= 11 is 0. The molecule has 0 atom stereocenters. The van der Waals surface area contributed by atoms with Gasteiger partial charge in [-0.15, -0.1) is 0 Å². The summed E-state index contributed by atoms with van der Waals surface area (Å²) in [6, 6.07) is 12.0. The van der Waals surface area contributed by atoms with Gasteiger partial charge < -0.3 is 4.90 Å². The van der Waals surface area contributed by atoms with Crippen LogP contribution in [0.25, 0.3) is 0 Å². The predicted molar refractivity (Wildman–Crippen MR) is 69.9 cm³/mol. The number of rotatable bonds is 2. The van der Waals surface area contributed by atoms with Crippen LogP contribution in [0.15, 0.2) is 30.3 Å². The first kappa shape index (κ1) is 12.6. The van der Waals surface area contributed by atoms with Gasteiger partial charge in [-0.3, -0.25) is 4.79 Å². The van der Waals surface area contributed by atoms with Crippen LogP contribution in [0, 0.1) is 17.2 Å². The monoisotopic (exact) mass is 242 g/mol. The lowest BCUT2D eigenvalue weighted by Gasteiger charge is -2.32. The molecule has 0 heterocycles. The van der Waals surface area contributed by atoms with E-state index in [1.54, 1.807) is 0 Å². The summed E-state index contributed by atoms with van der Waals surface area (Å²) in [4.78, 5) is 14.1. The van der Waals surface area contributed by atoms with Crippen molar-refractivity contribution in [3.8, 4) is 6.07 Å². The van der Waals surface area contributed by atoms with Crippen LogP contribution in [0.3, 0.4) is 0 Å². The molecule has 0 unspecified atom stereocenters. The Morgan fingerprint density at radius 2 is 1.83 bits per heavy atom. The van der Waals surface area contributed by atoms with Crippen molar-refractivity contribution in [2.24, 2.45) is 5.92 Å². The average Bonchev–Trinajstić information content (AvgIpc) is 2.47. The summed E-state index contributed by atoms with van der Waals surface area (Å²) in [6.45, 7) is 0. The Morgan fingerprint density at radius 3 is 2.39 bits per heavy atom. The van der Waals surface area contributed by atoms with Gasteiger partial charge in [-0.2, -0.15) is 5.26 Å². The number of hydrogen-bond donors (Lipinski definition) is 0. The Morgan fingerprint density at radius 1 is 1.22 bits per heavy atom. The fourth-order valence-corrected chi connectivity index (χ4v) is 2.54. The van der Waals surface area contributed by atoms with E-state index in [0.717, 1.165) is 31.2 Å². The Bertz CT molecular complexity index is 441. The summed E-state index contributed by atoms with van der Waals surface area (Å²) < 4.78 is 0. The maximum Gasteiger partial charge on any atom is 0.253 e. The molecule has 0 N–H and O–H groups in total. The standard InChI is InChI=1S/C15H18N2O/c1-17(14-9-7-12(11-16)8-10-14)15(18)13-5-3-2-4-6-13/h2-6,12,14H,7-10H2,1H3. The van der Waals surface area contributed by atoms with Crippen LogP contribution in [0.1, 0.15) is 36.0 Å². The maximum absolute atomic E-state index is 12.3. The molecule has 1 aromatic rings. The first-order valence-corrected chi connectivity index (χ1v) is 6.44. The van der Waals surface area contributed by atoms with Crippen LogP contribution < -0.4 is 0 Å². The van der Waals surface area contributed by atoms with E-state index in [1.807, 2.05) is 42.3 Å². The number of amides is 1. The molecule has 0 radical (unpaired) electrons. The third-order valence-corrected chi connectivity index (χ3v) is 3.77. The van der Waals surface area contributed by atoms with Crippen molar-refractivity contribution in [3.63, 3.8) is 0 Å². The SMILES string of the molecule is CN(C(=O)c1ccccc1)C1CCC(C#N)CC1. The fraction of sp³-hybridized carbons (Fsp3) is 0.467. The highest BCUT2D eigenvalue weighted by atomic mass is 16.2. The highest BCUT2D eigenvalue weighted by Gasteiger charge is 2.26. The molecule has 0 spiro atoms. The fourth-order valence-electron chi connectivity index (χ4n) is 2.54. The lowest BCUT2D eigenvalue weighted by molar-refractivity contribution is 0.0686. The normalized spacial score (nSPS) is 23.1. The van der Waals surface area contributed by atoms with Crippen LogP contribution in [0.2, 0.25) is 0 Å². The van der Waals surface area contributed by atoms with Crippen molar-refractivity contribution in [1.82, 2.24) is 4.90 Å². The second-order valence-electron chi connectivity index (χ2n) is 4.92. The third-order valence-electron chi connectivity index (χ3n) is 3.77. The molecule has 1 fully saturated rings. The van der Waals surface area contributed by atoms with Crippen molar-refractivity contribution >= 4 is 5.91 Å². The molecule has 0 bridgehead atoms. The van der Waals surface area contributed by atoms with E-state index in [2.05, 4.69) is 6.07 Å². The molecule has 18 heavy (non-hydrogen) atoms. The van der Waals surface area contributed by atoms with E-state index in [1.165, 1.54) is 0 Å². The molecule has 1 aliphatic carbocycles. The van der Waals surface area contributed by atoms with Crippen LogP contribution in [0.5, 0.6) is 0 Å². The predicted octanol–water partition coefficient (Wildman–Crippen LogP) is 2.84. The van der Waals surface area contributed by atoms with E-state index in [0.29, 0.717) is 0 Å². The molecule has 2 rings (SSSR count). The van der Waals surface area contributed by atoms with Gasteiger partial charge in [0.2, 0.25) is 0 Å². The van der Waals surface area contributed by atoms with Gasteiger partial charge in [0.15, 0.2) is 0 Å². The lowest BCUT2D eigenvalue weighted by atomic mass is 9.86. The van der Waals surface area contributed by atoms with Gasteiger partial charge in [-0.25, -0.2) is 0 Å². The minimum absolute atomic E-state index is 0.0796. The van der Waals surface area contributed by atoms with Crippen molar-refractivity contribution in [1.29, 1.82) is 5.26 Å². The third kappa shape index (κ3) is 2.70. The number of carbonyl (C=O) groups is 1. The molecular weight excluding hydrogens is 224 g/mol. The molecule has 1 aromatic carbocycles. The Hall–Kier alpha value is -1.82. The van der Waals surface area contributed by atoms with Crippen LogP contribution >= 0.6 is 0 Å². The molecule has 0 saturated heterocycles. The molecular formula is C15H18N2O. The van der Waals surface area contributed by atoms with Gasteiger partial charge in [-0.05, 0) is 37.8 Å². The first-order chi connectivity index (χ1) is 8.72. The van der Waals surface area contributed by atoms with Gasteiger partial charge in [0, 0.05) is 24.6 Å². The second kappa shape index (κ2) is 5.68. The van der Waals surface area contributed by atoms with Gasteiger partial charge >= 0.3 is 0 Å². The number of benzene rings is 1. The summed E-state index contributed by atoms with van der Waals surface area (Å²) in [6.07, 6.45) is 3.70. The summed E-state index contributed by atoms with van der Waals surface area (Å²) in [7, 11) is 1.87. The van der Waals surface area contributed by atoms with E-state index in [4.69, 9.17) is 5.26 Å².